The maximum atomic E-state index is 12.7. The Balaban J connectivity index is 1.25. The van der Waals surface area contributed by atoms with Crippen LogP contribution in [0.5, 0.6) is 23.0 Å². The number of rotatable bonds is 11. The zero-order valence-electron chi connectivity index (χ0n) is 22.2. The van der Waals surface area contributed by atoms with Crippen LogP contribution in [0, 0.1) is 0 Å². The van der Waals surface area contributed by atoms with E-state index in [2.05, 4.69) is 10.5 Å². The van der Waals surface area contributed by atoms with Gasteiger partial charge in [-0.05, 0) is 85.0 Å². The van der Waals surface area contributed by atoms with Gasteiger partial charge in [0.05, 0.1) is 20.4 Å². The van der Waals surface area contributed by atoms with E-state index in [4.69, 9.17) is 18.9 Å². The molecule has 2 amide bonds. The molecule has 0 spiro atoms. The molecule has 0 bridgehead atoms. The third-order valence-electron chi connectivity index (χ3n) is 6.26. The van der Waals surface area contributed by atoms with Crippen LogP contribution in [0.4, 0.5) is 0 Å². The fourth-order valence-corrected chi connectivity index (χ4v) is 4.10. The standard InChI is InChI=1S/C30H33N3O6/c1-36-25-11-13-26(14-12-25)38-21-29(34)32-31-19-23-8-15-27(28(18-23)37-2)39-20-22-6-9-24(10-7-22)30(35)33-16-4-3-5-17-33/h6-15,18-19H,3-5,16-17,20-21H2,1-2H3,(H,32,34)/b31-19+. The number of amides is 2. The van der Waals surface area contributed by atoms with Crippen molar-refractivity contribution in [2.75, 3.05) is 33.9 Å². The van der Waals surface area contributed by atoms with E-state index < -0.39 is 5.91 Å². The molecule has 39 heavy (non-hydrogen) atoms. The second-order valence-electron chi connectivity index (χ2n) is 9.01. The molecule has 1 aliphatic heterocycles. The smallest absolute Gasteiger partial charge is 0.277 e. The summed E-state index contributed by atoms with van der Waals surface area (Å²) >= 11 is 0. The highest BCUT2D eigenvalue weighted by molar-refractivity contribution is 5.94. The van der Waals surface area contributed by atoms with Crippen LogP contribution in [0.25, 0.3) is 0 Å². The SMILES string of the molecule is COc1ccc(OCC(=O)N/N=C/c2ccc(OCc3ccc(C(=O)N4CCCCC4)cc3)c(OC)c2)cc1. The molecule has 1 fully saturated rings. The van der Waals surface area contributed by atoms with Gasteiger partial charge in [-0.25, -0.2) is 5.43 Å². The molecule has 0 unspecified atom stereocenters. The van der Waals surface area contributed by atoms with E-state index in [9.17, 15) is 9.59 Å². The minimum atomic E-state index is -0.391. The van der Waals surface area contributed by atoms with Crippen LogP contribution >= 0.6 is 0 Å². The van der Waals surface area contributed by atoms with Gasteiger partial charge in [-0.1, -0.05) is 12.1 Å². The molecule has 9 nitrogen and oxygen atoms in total. The van der Waals surface area contributed by atoms with Crippen molar-refractivity contribution < 1.29 is 28.5 Å². The van der Waals surface area contributed by atoms with Gasteiger partial charge in [-0.2, -0.15) is 5.10 Å². The van der Waals surface area contributed by atoms with E-state index in [0.717, 1.165) is 37.1 Å². The third kappa shape index (κ3) is 7.98. The summed E-state index contributed by atoms with van der Waals surface area (Å²) < 4.78 is 22.0. The molecule has 1 N–H and O–H groups in total. The molecule has 0 saturated carbocycles. The summed E-state index contributed by atoms with van der Waals surface area (Å²) in [6, 6.07) is 19.8. The lowest BCUT2D eigenvalue weighted by Gasteiger charge is -2.26. The summed E-state index contributed by atoms with van der Waals surface area (Å²) in [5.74, 6) is 2.06. The predicted molar refractivity (Wildman–Crippen MR) is 148 cm³/mol. The van der Waals surface area contributed by atoms with Gasteiger partial charge in [0.25, 0.3) is 11.8 Å². The number of benzene rings is 3. The highest BCUT2D eigenvalue weighted by atomic mass is 16.5. The van der Waals surface area contributed by atoms with Crippen LogP contribution in [-0.2, 0) is 11.4 Å². The molecule has 0 radical (unpaired) electrons. The number of carbonyl (C=O) groups excluding carboxylic acids is 2. The lowest BCUT2D eigenvalue weighted by Crippen LogP contribution is -2.35. The van der Waals surface area contributed by atoms with Crippen LogP contribution in [0.2, 0.25) is 0 Å². The van der Waals surface area contributed by atoms with Gasteiger partial charge in [0, 0.05) is 18.7 Å². The predicted octanol–water partition coefficient (Wildman–Crippen LogP) is 4.44. The number of nitrogens with one attached hydrogen (secondary N) is 1. The highest BCUT2D eigenvalue weighted by Gasteiger charge is 2.18. The van der Waals surface area contributed by atoms with Gasteiger partial charge in [-0.3, -0.25) is 9.59 Å². The van der Waals surface area contributed by atoms with E-state index in [1.165, 1.54) is 12.6 Å². The first-order chi connectivity index (χ1) is 19.1. The van der Waals surface area contributed by atoms with Crippen molar-refractivity contribution in [1.29, 1.82) is 0 Å². The molecule has 1 aliphatic rings. The zero-order valence-corrected chi connectivity index (χ0v) is 22.2. The largest absolute Gasteiger partial charge is 0.497 e. The van der Waals surface area contributed by atoms with Crippen molar-refractivity contribution in [3.8, 4) is 23.0 Å². The Kier molecular flexibility index (Phi) is 9.77. The van der Waals surface area contributed by atoms with Crippen LogP contribution in [0.15, 0.2) is 71.8 Å². The molecule has 3 aromatic carbocycles. The van der Waals surface area contributed by atoms with Gasteiger partial charge in [0.15, 0.2) is 18.1 Å². The first kappa shape index (κ1) is 27.5. The summed E-state index contributed by atoms with van der Waals surface area (Å²) in [6.45, 7) is 1.81. The zero-order chi connectivity index (χ0) is 27.5. The molecule has 0 aliphatic carbocycles. The number of likely N-dealkylation sites (tertiary alicyclic amines) is 1. The molecular weight excluding hydrogens is 498 g/mol. The first-order valence-corrected chi connectivity index (χ1v) is 12.8. The van der Waals surface area contributed by atoms with E-state index in [1.54, 1.807) is 50.6 Å². The number of hydrogen-bond acceptors (Lipinski definition) is 7. The summed E-state index contributed by atoms with van der Waals surface area (Å²) in [6.07, 6.45) is 4.84. The van der Waals surface area contributed by atoms with E-state index in [1.807, 2.05) is 35.2 Å². The number of piperidine rings is 1. The number of carbonyl (C=O) groups is 2. The second-order valence-corrected chi connectivity index (χ2v) is 9.01. The lowest BCUT2D eigenvalue weighted by molar-refractivity contribution is -0.123. The number of hydrazone groups is 1. The van der Waals surface area contributed by atoms with E-state index in [-0.39, 0.29) is 12.5 Å². The Morgan fingerprint density at radius 3 is 2.26 bits per heavy atom. The van der Waals surface area contributed by atoms with Crippen LogP contribution in [0.1, 0.15) is 40.7 Å². The maximum absolute atomic E-state index is 12.7. The van der Waals surface area contributed by atoms with Crippen molar-refractivity contribution in [2.45, 2.75) is 25.9 Å². The third-order valence-corrected chi connectivity index (χ3v) is 6.26. The minimum Gasteiger partial charge on any atom is -0.497 e. The van der Waals surface area contributed by atoms with Crippen LogP contribution < -0.4 is 24.4 Å². The number of hydrogen-bond donors (Lipinski definition) is 1. The molecular formula is C30H33N3O6. The normalized spacial score (nSPS) is 13.1. The molecule has 4 rings (SSSR count). The van der Waals surface area contributed by atoms with E-state index >= 15 is 0 Å². The Labute approximate surface area is 228 Å². The molecule has 0 aromatic heterocycles. The van der Waals surface area contributed by atoms with Crippen molar-refractivity contribution in [3.63, 3.8) is 0 Å². The summed E-state index contributed by atoms with van der Waals surface area (Å²) in [4.78, 5) is 26.6. The average Bonchev–Trinajstić information content (AvgIpc) is 2.99. The highest BCUT2D eigenvalue weighted by Crippen LogP contribution is 2.28. The average molecular weight is 532 g/mol. The number of ether oxygens (including phenoxy) is 4. The van der Waals surface area contributed by atoms with Gasteiger partial charge in [0.1, 0.15) is 18.1 Å². The molecule has 1 heterocycles. The molecule has 1 saturated heterocycles. The van der Waals surface area contributed by atoms with Crippen molar-refractivity contribution in [2.24, 2.45) is 5.10 Å². The Bertz CT molecular complexity index is 1270. The molecule has 9 heteroatoms. The van der Waals surface area contributed by atoms with Gasteiger partial charge in [0.2, 0.25) is 0 Å². The van der Waals surface area contributed by atoms with Crippen LogP contribution in [0.3, 0.4) is 0 Å². The Morgan fingerprint density at radius 1 is 0.846 bits per heavy atom. The quantitative estimate of drug-likeness (QED) is 0.290. The summed E-state index contributed by atoms with van der Waals surface area (Å²) in [7, 11) is 3.14. The van der Waals surface area contributed by atoms with Crippen molar-refractivity contribution in [3.05, 3.63) is 83.4 Å². The first-order valence-electron chi connectivity index (χ1n) is 12.8. The maximum Gasteiger partial charge on any atom is 0.277 e. The summed E-state index contributed by atoms with van der Waals surface area (Å²) in [5.41, 5.74) is 4.79. The van der Waals surface area contributed by atoms with Gasteiger partial charge >= 0.3 is 0 Å². The Morgan fingerprint density at radius 2 is 1.56 bits per heavy atom. The fraction of sp³-hybridized carbons (Fsp3) is 0.300. The molecule has 204 valence electrons. The van der Waals surface area contributed by atoms with Crippen LogP contribution in [-0.4, -0.2) is 56.8 Å². The Hall–Kier alpha value is -4.53. The van der Waals surface area contributed by atoms with Crippen molar-refractivity contribution >= 4 is 18.0 Å². The fourth-order valence-electron chi connectivity index (χ4n) is 4.10. The lowest BCUT2D eigenvalue weighted by atomic mass is 10.1. The van der Waals surface area contributed by atoms with Gasteiger partial charge < -0.3 is 23.8 Å². The monoisotopic (exact) mass is 531 g/mol. The number of nitrogens with zero attached hydrogens (tertiary/aromatic N) is 2. The van der Waals surface area contributed by atoms with Crippen molar-refractivity contribution in [1.82, 2.24) is 10.3 Å². The molecule has 0 atom stereocenters. The summed E-state index contributed by atoms with van der Waals surface area (Å²) in [5, 5.41) is 3.98. The minimum absolute atomic E-state index is 0.0852. The van der Waals surface area contributed by atoms with Gasteiger partial charge in [-0.15, -0.1) is 0 Å². The topological polar surface area (TPSA) is 98.7 Å². The second kappa shape index (κ2) is 13.9. The number of methoxy groups -OCH3 is 2. The molecule has 3 aromatic rings. The van der Waals surface area contributed by atoms with E-state index in [0.29, 0.717) is 35.2 Å².